The van der Waals surface area contributed by atoms with Gasteiger partial charge in [0.2, 0.25) is 5.91 Å². The smallest absolute Gasteiger partial charge is 0.400 e. The number of hydrogen-bond acceptors (Lipinski definition) is 6. The van der Waals surface area contributed by atoms with Crippen LogP contribution < -0.4 is 5.32 Å². The topological polar surface area (TPSA) is 66.0 Å². The van der Waals surface area contributed by atoms with E-state index < -0.39 is 18.3 Å². The van der Waals surface area contributed by atoms with Crippen LogP contribution in [0.4, 0.5) is 0 Å². The number of amides is 1. The van der Waals surface area contributed by atoms with Crippen LogP contribution in [0.15, 0.2) is 16.9 Å². The highest BCUT2D eigenvalue weighted by atomic mass is 32.1. The molecular weight excluding hydrogens is 353 g/mol. The Labute approximate surface area is 159 Å². The van der Waals surface area contributed by atoms with Gasteiger partial charge in [0.15, 0.2) is 6.29 Å². The molecule has 8 heteroatoms. The van der Waals surface area contributed by atoms with Crippen LogP contribution in [0.25, 0.3) is 6.08 Å². The van der Waals surface area contributed by atoms with Gasteiger partial charge in [-0.15, -0.1) is 11.3 Å². The predicted molar refractivity (Wildman–Crippen MR) is 102 cm³/mol. The monoisotopic (exact) mass is 379 g/mol. The number of hydrogen-bond donors (Lipinski definition) is 1. The first kappa shape index (κ1) is 19.6. The van der Waals surface area contributed by atoms with Crippen molar-refractivity contribution in [1.29, 1.82) is 0 Å². The maximum atomic E-state index is 11.4. The molecule has 3 heterocycles. The molecule has 0 aromatic carbocycles. The van der Waals surface area contributed by atoms with Crippen molar-refractivity contribution in [3.8, 4) is 0 Å². The highest BCUT2D eigenvalue weighted by Crippen LogP contribution is 2.39. The molecule has 0 radical (unpaired) electrons. The third-order valence-electron chi connectivity index (χ3n) is 4.94. The molecule has 1 aromatic rings. The van der Waals surface area contributed by atoms with Gasteiger partial charge in [0.1, 0.15) is 0 Å². The number of carbonyl (C=O) groups excluding carboxylic acids is 1. The molecule has 1 aromatic heterocycles. The molecule has 3 rings (SSSR count). The summed E-state index contributed by atoms with van der Waals surface area (Å²) < 4.78 is 23.4. The van der Waals surface area contributed by atoms with Crippen LogP contribution in [0.1, 0.15) is 51.3 Å². The SMILES string of the molecule is CC(=O)NCC(=Cc1csc(C2OCCO2)c1)B1OC(C)(C)C(C)(C)O1. The molecule has 0 atom stereocenters. The average molecular weight is 379 g/mol. The Morgan fingerprint density at radius 2 is 1.88 bits per heavy atom. The molecule has 26 heavy (non-hydrogen) atoms. The van der Waals surface area contributed by atoms with E-state index in [4.69, 9.17) is 18.8 Å². The normalized spacial score (nSPS) is 22.8. The molecule has 2 aliphatic heterocycles. The molecule has 0 bridgehead atoms. The van der Waals surface area contributed by atoms with Gasteiger partial charge in [0, 0.05) is 13.5 Å². The largest absolute Gasteiger partial charge is 0.492 e. The third-order valence-corrected chi connectivity index (χ3v) is 5.92. The summed E-state index contributed by atoms with van der Waals surface area (Å²) in [6.07, 6.45) is 1.73. The fourth-order valence-electron chi connectivity index (χ4n) is 2.73. The molecular formula is C18H26BNO5S. The lowest BCUT2D eigenvalue weighted by Crippen LogP contribution is -2.41. The van der Waals surface area contributed by atoms with Gasteiger partial charge < -0.3 is 24.1 Å². The van der Waals surface area contributed by atoms with Gasteiger partial charge >= 0.3 is 7.12 Å². The van der Waals surface area contributed by atoms with E-state index in [0.717, 1.165) is 15.9 Å². The van der Waals surface area contributed by atoms with E-state index >= 15 is 0 Å². The Hall–Kier alpha value is -1.19. The lowest BCUT2D eigenvalue weighted by Gasteiger charge is -2.32. The number of rotatable bonds is 5. The Balaban J connectivity index is 1.82. The van der Waals surface area contributed by atoms with E-state index in [1.165, 1.54) is 6.92 Å². The van der Waals surface area contributed by atoms with E-state index in [1.807, 2.05) is 45.2 Å². The summed E-state index contributed by atoms with van der Waals surface area (Å²) in [5, 5.41) is 4.89. The van der Waals surface area contributed by atoms with E-state index in [2.05, 4.69) is 5.32 Å². The van der Waals surface area contributed by atoms with Crippen LogP contribution in [0.5, 0.6) is 0 Å². The maximum Gasteiger partial charge on any atom is 0.492 e. The first-order valence-corrected chi connectivity index (χ1v) is 9.68. The van der Waals surface area contributed by atoms with Gasteiger partial charge in [-0.05, 0) is 50.2 Å². The number of nitrogens with one attached hydrogen (secondary N) is 1. The summed E-state index contributed by atoms with van der Waals surface area (Å²) in [5.41, 5.74) is 1.02. The second-order valence-electron chi connectivity index (χ2n) is 7.57. The lowest BCUT2D eigenvalue weighted by molar-refractivity contribution is -0.118. The Morgan fingerprint density at radius 3 is 2.46 bits per heavy atom. The first-order valence-electron chi connectivity index (χ1n) is 8.80. The second-order valence-corrected chi connectivity index (χ2v) is 8.52. The van der Waals surface area contributed by atoms with Crippen molar-refractivity contribution in [2.45, 2.75) is 52.1 Å². The zero-order valence-corrected chi connectivity index (χ0v) is 16.8. The zero-order chi connectivity index (χ0) is 18.9. The summed E-state index contributed by atoms with van der Waals surface area (Å²) in [6.45, 7) is 11.2. The highest BCUT2D eigenvalue weighted by Gasteiger charge is 2.52. The summed E-state index contributed by atoms with van der Waals surface area (Å²) in [5.74, 6) is -0.0915. The van der Waals surface area contributed by atoms with Crippen LogP contribution >= 0.6 is 11.3 Å². The van der Waals surface area contributed by atoms with Crippen molar-refractivity contribution < 1.29 is 23.6 Å². The molecule has 2 aliphatic rings. The minimum Gasteiger partial charge on any atom is -0.400 e. The van der Waals surface area contributed by atoms with Crippen LogP contribution in [0, 0.1) is 0 Å². The van der Waals surface area contributed by atoms with Gasteiger partial charge in [-0.3, -0.25) is 4.79 Å². The molecule has 2 fully saturated rings. The Kier molecular flexibility index (Phi) is 5.60. The average Bonchev–Trinajstić information content (AvgIpc) is 3.24. The van der Waals surface area contributed by atoms with Gasteiger partial charge in [-0.2, -0.15) is 0 Å². The quantitative estimate of drug-likeness (QED) is 0.797. The van der Waals surface area contributed by atoms with Crippen molar-refractivity contribution in [1.82, 2.24) is 5.32 Å². The van der Waals surface area contributed by atoms with Crippen LogP contribution in [-0.2, 0) is 23.6 Å². The van der Waals surface area contributed by atoms with E-state index in [0.29, 0.717) is 19.8 Å². The Morgan fingerprint density at radius 1 is 1.27 bits per heavy atom. The number of thiophene rings is 1. The standard InChI is InChI=1S/C18H26BNO5S/c1-12(21)20-10-14(19-24-17(2,3)18(4,5)25-19)8-13-9-15(26-11-13)16-22-6-7-23-16/h8-9,11,16H,6-7,10H2,1-5H3,(H,20,21). The molecule has 1 N–H and O–H groups in total. The van der Waals surface area contributed by atoms with Gasteiger partial charge in [-0.1, -0.05) is 6.08 Å². The van der Waals surface area contributed by atoms with E-state index in [9.17, 15) is 4.79 Å². The predicted octanol–water partition coefficient (Wildman–Crippen LogP) is 2.94. The molecule has 6 nitrogen and oxygen atoms in total. The molecule has 0 spiro atoms. The molecule has 1 amide bonds. The molecule has 0 saturated carbocycles. The fourth-order valence-corrected chi connectivity index (χ4v) is 3.59. The minimum atomic E-state index is -0.505. The molecule has 0 unspecified atom stereocenters. The zero-order valence-electron chi connectivity index (χ0n) is 16.0. The minimum absolute atomic E-state index is 0.0915. The number of carbonyl (C=O) groups is 1. The lowest BCUT2D eigenvalue weighted by atomic mass is 9.77. The second kappa shape index (κ2) is 7.44. The van der Waals surface area contributed by atoms with Gasteiger partial charge in [0.25, 0.3) is 0 Å². The van der Waals surface area contributed by atoms with Crippen LogP contribution in [0.3, 0.4) is 0 Å². The molecule has 0 aliphatic carbocycles. The van der Waals surface area contributed by atoms with Crippen LogP contribution in [-0.4, -0.2) is 44.0 Å². The van der Waals surface area contributed by atoms with E-state index in [1.54, 1.807) is 11.3 Å². The van der Waals surface area contributed by atoms with Crippen molar-refractivity contribution in [2.75, 3.05) is 19.8 Å². The van der Waals surface area contributed by atoms with Crippen molar-refractivity contribution in [2.24, 2.45) is 0 Å². The van der Waals surface area contributed by atoms with Crippen molar-refractivity contribution in [3.05, 3.63) is 27.4 Å². The highest BCUT2D eigenvalue weighted by molar-refractivity contribution is 7.10. The summed E-state index contributed by atoms with van der Waals surface area (Å²) >= 11 is 1.59. The summed E-state index contributed by atoms with van der Waals surface area (Å²) in [4.78, 5) is 12.4. The third kappa shape index (κ3) is 4.20. The van der Waals surface area contributed by atoms with Crippen molar-refractivity contribution in [3.63, 3.8) is 0 Å². The van der Waals surface area contributed by atoms with Gasteiger partial charge in [0.05, 0.1) is 29.3 Å². The first-order chi connectivity index (χ1) is 12.2. The molecule has 2 saturated heterocycles. The number of ether oxygens (including phenoxy) is 2. The maximum absolute atomic E-state index is 11.4. The molecule has 142 valence electrons. The van der Waals surface area contributed by atoms with Crippen molar-refractivity contribution >= 4 is 30.4 Å². The van der Waals surface area contributed by atoms with Crippen LogP contribution in [0.2, 0.25) is 0 Å². The van der Waals surface area contributed by atoms with E-state index in [-0.39, 0.29) is 12.2 Å². The Bertz CT molecular complexity index is 678. The fraction of sp³-hybridized carbons (Fsp3) is 0.611. The summed E-state index contributed by atoms with van der Waals surface area (Å²) in [7, 11) is -0.505. The summed E-state index contributed by atoms with van der Waals surface area (Å²) in [6, 6.07) is 2.04. The van der Waals surface area contributed by atoms with Gasteiger partial charge in [-0.25, -0.2) is 0 Å².